The highest BCUT2D eigenvalue weighted by Crippen LogP contribution is 2.30. The van der Waals surface area contributed by atoms with Gasteiger partial charge in [-0.25, -0.2) is 4.79 Å². The van der Waals surface area contributed by atoms with Crippen LogP contribution in [0, 0.1) is 0 Å². The molecule has 0 unspecified atom stereocenters. The normalized spacial score (nSPS) is 18.2. The molecule has 1 N–H and O–H groups in total. The van der Waals surface area contributed by atoms with Crippen LogP contribution in [0.25, 0.3) is 0 Å². The van der Waals surface area contributed by atoms with Gasteiger partial charge in [0.25, 0.3) is 0 Å². The number of likely N-dealkylation sites (tertiary alicyclic amines) is 1. The average Bonchev–Trinajstić information content (AvgIpc) is 2.54. The van der Waals surface area contributed by atoms with E-state index in [4.69, 9.17) is 9.47 Å². The van der Waals surface area contributed by atoms with Gasteiger partial charge < -0.3 is 19.7 Å². The van der Waals surface area contributed by atoms with Crippen molar-refractivity contribution in [3.05, 3.63) is 18.2 Å². The summed E-state index contributed by atoms with van der Waals surface area (Å²) >= 11 is 0. The number of nitrogens with one attached hydrogen (secondary N) is 1. The van der Waals surface area contributed by atoms with Gasteiger partial charge in [-0.15, -0.1) is 0 Å². The lowest BCUT2D eigenvalue weighted by Gasteiger charge is -2.35. The standard InChI is InChI=1S/C16H24N2O3/c1-4-12-7-5-6-10-18(12)16(19)17-14-11-13(20-2)8-9-15(14)21-3/h8-9,11-12H,4-7,10H2,1-3H3,(H,17,19)/t12-/m1/s1. The first-order valence-corrected chi connectivity index (χ1v) is 7.49. The number of urea groups is 1. The minimum Gasteiger partial charge on any atom is -0.497 e. The first kappa shape index (κ1) is 15.5. The number of hydrogen-bond acceptors (Lipinski definition) is 3. The molecular weight excluding hydrogens is 268 g/mol. The van der Waals surface area contributed by atoms with Gasteiger partial charge in [0, 0.05) is 18.7 Å². The zero-order chi connectivity index (χ0) is 15.2. The summed E-state index contributed by atoms with van der Waals surface area (Å²) in [6, 6.07) is 5.65. The van der Waals surface area contributed by atoms with Gasteiger partial charge in [-0.1, -0.05) is 6.92 Å². The Morgan fingerprint density at radius 3 is 2.81 bits per heavy atom. The molecule has 21 heavy (non-hydrogen) atoms. The highest BCUT2D eigenvalue weighted by molar-refractivity contribution is 5.91. The zero-order valence-corrected chi connectivity index (χ0v) is 13.0. The predicted octanol–water partition coefficient (Wildman–Crippen LogP) is 3.50. The van der Waals surface area contributed by atoms with Crippen molar-refractivity contribution in [2.45, 2.75) is 38.6 Å². The fourth-order valence-corrected chi connectivity index (χ4v) is 2.79. The van der Waals surface area contributed by atoms with Gasteiger partial charge >= 0.3 is 6.03 Å². The first-order valence-electron chi connectivity index (χ1n) is 7.49. The van der Waals surface area contributed by atoms with Crippen molar-refractivity contribution in [2.75, 3.05) is 26.1 Å². The van der Waals surface area contributed by atoms with E-state index >= 15 is 0 Å². The fourth-order valence-electron chi connectivity index (χ4n) is 2.79. The maximum absolute atomic E-state index is 12.5. The molecule has 0 radical (unpaired) electrons. The Morgan fingerprint density at radius 2 is 2.14 bits per heavy atom. The van der Waals surface area contributed by atoms with Gasteiger partial charge in [0.1, 0.15) is 11.5 Å². The molecule has 5 heteroatoms. The molecule has 0 bridgehead atoms. The van der Waals surface area contributed by atoms with Crippen molar-refractivity contribution in [2.24, 2.45) is 0 Å². The Morgan fingerprint density at radius 1 is 1.33 bits per heavy atom. The Balaban J connectivity index is 2.14. The molecule has 116 valence electrons. The second-order valence-corrected chi connectivity index (χ2v) is 5.25. The number of methoxy groups -OCH3 is 2. The molecule has 1 heterocycles. The maximum Gasteiger partial charge on any atom is 0.322 e. The lowest BCUT2D eigenvalue weighted by molar-refractivity contribution is 0.160. The lowest BCUT2D eigenvalue weighted by atomic mass is 10.0. The molecule has 0 spiro atoms. The van der Waals surface area contributed by atoms with Gasteiger partial charge in [0.2, 0.25) is 0 Å². The lowest BCUT2D eigenvalue weighted by Crippen LogP contribution is -2.45. The van der Waals surface area contributed by atoms with Crippen LogP contribution in [-0.4, -0.2) is 37.7 Å². The SMILES string of the molecule is CC[C@@H]1CCCCN1C(=O)Nc1cc(OC)ccc1OC. The fraction of sp³-hybridized carbons (Fsp3) is 0.562. The molecule has 1 atom stereocenters. The van der Waals surface area contributed by atoms with Crippen LogP contribution >= 0.6 is 0 Å². The Bertz CT molecular complexity index is 490. The van der Waals surface area contributed by atoms with E-state index < -0.39 is 0 Å². The largest absolute Gasteiger partial charge is 0.497 e. The summed E-state index contributed by atoms with van der Waals surface area (Å²) in [5.41, 5.74) is 0.641. The van der Waals surface area contributed by atoms with Crippen LogP contribution in [0.5, 0.6) is 11.5 Å². The monoisotopic (exact) mass is 292 g/mol. The third kappa shape index (κ3) is 3.60. The molecule has 1 fully saturated rings. The topological polar surface area (TPSA) is 50.8 Å². The minimum atomic E-state index is -0.0619. The van der Waals surface area contributed by atoms with Crippen molar-refractivity contribution >= 4 is 11.7 Å². The Labute approximate surface area is 126 Å². The molecule has 2 amide bonds. The van der Waals surface area contributed by atoms with Crippen molar-refractivity contribution in [1.82, 2.24) is 4.90 Å². The number of piperidine rings is 1. The maximum atomic E-state index is 12.5. The predicted molar refractivity (Wildman–Crippen MR) is 83.2 cm³/mol. The number of amides is 2. The van der Waals surface area contributed by atoms with Crippen LogP contribution in [0.4, 0.5) is 10.5 Å². The molecule has 0 aliphatic carbocycles. The van der Waals surface area contributed by atoms with Crippen LogP contribution in [-0.2, 0) is 0 Å². The van der Waals surface area contributed by atoms with E-state index in [2.05, 4.69) is 12.2 Å². The Kier molecular flexibility index (Phi) is 5.31. The highest BCUT2D eigenvalue weighted by atomic mass is 16.5. The van der Waals surface area contributed by atoms with Gasteiger partial charge in [0.15, 0.2) is 0 Å². The van der Waals surface area contributed by atoms with Gasteiger partial charge in [-0.2, -0.15) is 0 Å². The van der Waals surface area contributed by atoms with E-state index in [-0.39, 0.29) is 6.03 Å². The minimum absolute atomic E-state index is 0.0619. The molecular formula is C16H24N2O3. The van der Waals surface area contributed by atoms with E-state index in [1.807, 2.05) is 11.0 Å². The van der Waals surface area contributed by atoms with E-state index in [1.165, 1.54) is 6.42 Å². The first-order chi connectivity index (χ1) is 10.2. The smallest absolute Gasteiger partial charge is 0.322 e. The Hall–Kier alpha value is -1.91. The number of carbonyl (C=O) groups excluding carboxylic acids is 1. The van der Waals surface area contributed by atoms with Crippen molar-refractivity contribution in [3.8, 4) is 11.5 Å². The van der Waals surface area contributed by atoms with Gasteiger partial charge in [0.05, 0.1) is 19.9 Å². The molecule has 1 aromatic carbocycles. The molecule has 5 nitrogen and oxygen atoms in total. The van der Waals surface area contributed by atoms with Gasteiger partial charge in [-0.3, -0.25) is 0 Å². The second kappa shape index (κ2) is 7.20. The summed E-state index contributed by atoms with van der Waals surface area (Å²) in [6.45, 7) is 2.94. The van der Waals surface area contributed by atoms with E-state index in [0.29, 0.717) is 23.2 Å². The van der Waals surface area contributed by atoms with Crippen molar-refractivity contribution < 1.29 is 14.3 Å². The van der Waals surface area contributed by atoms with Gasteiger partial charge in [-0.05, 0) is 37.8 Å². The van der Waals surface area contributed by atoms with Crippen LogP contribution in [0.1, 0.15) is 32.6 Å². The number of benzene rings is 1. The summed E-state index contributed by atoms with van der Waals surface area (Å²) in [4.78, 5) is 14.5. The third-order valence-electron chi connectivity index (χ3n) is 4.01. The van der Waals surface area contributed by atoms with E-state index in [9.17, 15) is 4.79 Å². The average molecular weight is 292 g/mol. The summed E-state index contributed by atoms with van der Waals surface area (Å²) in [5, 5.41) is 2.95. The highest BCUT2D eigenvalue weighted by Gasteiger charge is 2.25. The van der Waals surface area contributed by atoms with Crippen molar-refractivity contribution in [3.63, 3.8) is 0 Å². The molecule has 0 saturated carbocycles. The second-order valence-electron chi connectivity index (χ2n) is 5.25. The van der Waals surface area contributed by atoms with Crippen LogP contribution in [0.15, 0.2) is 18.2 Å². The molecule has 1 aliphatic rings. The zero-order valence-electron chi connectivity index (χ0n) is 13.0. The number of hydrogen-bond donors (Lipinski definition) is 1. The number of carbonyl (C=O) groups is 1. The summed E-state index contributed by atoms with van der Waals surface area (Å²) in [6.07, 6.45) is 4.34. The number of anilines is 1. The summed E-state index contributed by atoms with van der Waals surface area (Å²) in [7, 11) is 3.19. The molecule has 2 rings (SSSR count). The van der Waals surface area contributed by atoms with E-state index in [0.717, 1.165) is 25.8 Å². The van der Waals surface area contributed by atoms with Crippen LogP contribution in [0.2, 0.25) is 0 Å². The molecule has 1 saturated heterocycles. The third-order valence-corrected chi connectivity index (χ3v) is 4.01. The molecule has 1 aliphatic heterocycles. The quantitative estimate of drug-likeness (QED) is 0.924. The summed E-state index contributed by atoms with van der Waals surface area (Å²) in [5.74, 6) is 1.32. The van der Waals surface area contributed by atoms with Crippen LogP contribution in [0.3, 0.4) is 0 Å². The summed E-state index contributed by atoms with van der Waals surface area (Å²) < 4.78 is 10.5. The van der Waals surface area contributed by atoms with Crippen LogP contribution < -0.4 is 14.8 Å². The number of rotatable bonds is 4. The molecule has 0 aromatic heterocycles. The molecule has 1 aromatic rings. The number of ether oxygens (including phenoxy) is 2. The van der Waals surface area contributed by atoms with Crippen molar-refractivity contribution in [1.29, 1.82) is 0 Å². The number of nitrogens with zero attached hydrogens (tertiary/aromatic N) is 1. The van der Waals surface area contributed by atoms with E-state index in [1.54, 1.807) is 26.4 Å².